The maximum absolute atomic E-state index is 11.2. The molecule has 0 fully saturated rings. The van der Waals surface area contributed by atoms with E-state index in [1.165, 1.54) is 0 Å². The normalized spacial score (nSPS) is 16.8. The van der Waals surface area contributed by atoms with Crippen LogP contribution in [-0.4, -0.2) is 25.9 Å². The van der Waals surface area contributed by atoms with E-state index in [1.807, 2.05) is 33.9 Å². The predicted molar refractivity (Wildman–Crippen MR) is 62.5 cm³/mol. The van der Waals surface area contributed by atoms with E-state index < -0.39 is 23.1 Å². The molecule has 1 unspecified atom stereocenters. The third kappa shape index (κ3) is 2.81. The molecule has 0 rings (SSSR count). The first kappa shape index (κ1) is 14.1. The van der Waals surface area contributed by atoms with Crippen LogP contribution in [0.3, 0.4) is 0 Å². The van der Waals surface area contributed by atoms with Gasteiger partial charge in [0, 0.05) is 0 Å². The highest BCUT2D eigenvalue weighted by atomic mass is 32.2. The van der Waals surface area contributed by atoms with Crippen LogP contribution in [0.5, 0.6) is 0 Å². The molecule has 3 nitrogen and oxygen atoms in total. The minimum atomic E-state index is -3.96. The van der Waals surface area contributed by atoms with Crippen molar-refractivity contribution in [2.45, 2.75) is 50.2 Å². The molecule has 0 saturated heterocycles. The van der Waals surface area contributed by atoms with Crippen LogP contribution in [0.25, 0.3) is 0 Å². The smallest absolute Gasteiger partial charge is 0.265 e. The molecule has 0 heterocycles. The summed E-state index contributed by atoms with van der Waals surface area (Å²) in [6, 6.07) is 0. The fourth-order valence-corrected chi connectivity index (χ4v) is 7.39. The summed E-state index contributed by atoms with van der Waals surface area (Å²) in [6.07, 6.45) is 0.245. The second-order valence-electron chi connectivity index (χ2n) is 5.26. The zero-order chi connectivity index (χ0) is 11.8. The quantitative estimate of drug-likeness (QED) is 0.606. The van der Waals surface area contributed by atoms with E-state index in [2.05, 4.69) is 6.92 Å². The molecule has 14 heavy (non-hydrogen) atoms. The summed E-state index contributed by atoms with van der Waals surface area (Å²) < 4.78 is 31.6. The molecule has 0 aliphatic carbocycles. The lowest BCUT2D eigenvalue weighted by Crippen LogP contribution is -2.52. The van der Waals surface area contributed by atoms with Crippen LogP contribution in [0.1, 0.15) is 27.2 Å². The summed E-state index contributed by atoms with van der Waals surface area (Å²) in [7, 11) is -6.03. The van der Waals surface area contributed by atoms with Gasteiger partial charge in [0.05, 0.1) is 12.9 Å². The molecular formula is C9H21O3SSi. The number of rotatable bonds is 3. The average molecular weight is 237 g/mol. The molecule has 5 heteroatoms. The molecule has 0 aromatic rings. The Morgan fingerprint density at radius 3 is 1.79 bits per heavy atom. The van der Waals surface area contributed by atoms with Gasteiger partial charge < -0.3 is 0 Å². The van der Waals surface area contributed by atoms with Gasteiger partial charge in [-0.3, -0.25) is 4.55 Å². The van der Waals surface area contributed by atoms with Crippen LogP contribution in [0, 0.1) is 6.92 Å². The standard InChI is InChI=1S/C9H21O3SSi/c1-7-8(13(10,11)12)14(5,6)9(2,3)4/h8H,1,7H2,2-6H3,(H,10,11,12). The maximum Gasteiger partial charge on any atom is 0.265 e. The first-order valence-electron chi connectivity index (χ1n) is 4.70. The lowest BCUT2D eigenvalue weighted by Gasteiger charge is -2.41. The molecule has 0 saturated carbocycles. The Bertz CT molecular complexity index is 288. The van der Waals surface area contributed by atoms with Crippen LogP contribution in [-0.2, 0) is 10.1 Å². The van der Waals surface area contributed by atoms with Crippen LogP contribution in [0.4, 0.5) is 0 Å². The van der Waals surface area contributed by atoms with Crippen LogP contribution in [0.2, 0.25) is 18.1 Å². The Balaban J connectivity index is 5.26. The summed E-state index contributed by atoms with van der Waals surface area (Å²) >= 11 is 0. The van der Waals surface area contributed by atoms with Gasteiger partial charge in [-0.05, 0) is 11.5 Å². The Labute approximate surface area is 88.7 Å². The summed E-state index contributed by atoms with van der Waals surface area (Å²) in [5.74, 6) is 0. The van der Waals surface area contributed by atoms with Gasteiger partial charge in [0.25, 0.3) is 10.1 Å². The van der Waals surface area contributed by atoms with E-state index in [4.69, 9.17) is 4.55 Å². The monoisotopic (exact) mass is 237 g/mol. The Morgan fingerprint density at radius 2 is 1.71 bits per heavy atom. The minimum absolute atomic E-state index is 0.0643. The second-order valence-corrected chi connectivity index (χ2v) is 12.9. The summed E-state index contributed by atoms with van der Waals surface area (Å²) in [6.45, 7) is 13.7. The van der Waals surface area contributed by atoms with E-state index in [1.54, 1.807) is 0 Å². The van der Waals surface area contributed by atoms with E-state index in [-0.39, 0.29) is 11.5 Å². The molecule has 1 N–H and O–H groups in total. The number of hydrogen-bond donors (Lipinski definition) is 1. The van der Waals surface area contributed by atoms with E-state index >= 15 is 0 Å². The Hall–Kier alpha value is 0.127. The van der Waals surface area contributed by atoms with Gasteiger partial charge in [-0.2, -0.15) is 8.42 Å². The molecule has 1 radical (unpaired) electrons. The lowest BCUT2D eigenvalue weighted by atomic mass is 10.2. The molecule has 0 aromatic carbocycles. The third-order valence-electron chi connectivity index (χ3n) is 3.36. The average Bonchev–Trinajstić information content (AvgIpc) is 1.80. The molecule has 0 bridgehead atoms. The van der Waals surface area contributed by atoms with Crippen molar-refractivity contribution in [2.24, 2.45) is 0 Å². The fourth-order valence-electron chi connectivity index (χ4n) is 1.37. The van der Waals surface area contributed by atoms with Gasteiger partial charge in [0.2, 0.25) is 0 Å². The highest BCUT2D eigenvalue weighted by Gasteiger charge is 2.46. The SMILES string of the molecule is [CH2]CC([Si](C)(C)C(C)(C)C)S(=O)(=O)O. The van der Waals surface area contributed by atoms with Gasteiger partial charge in [0.1, 0.15) is 0 Å². The predicted octanol–water partition coefficient (Wildman–Crippen LogP) is 2.51. The molecule has 0 aromatic heterocycles. The Kier molecular flexibility index (Phi) is 3.98. The van der Waals surface area contributed by atoms with Crippen molar-refractivity contribution in [2.75, 3.05) is 0 Å². The maximum atomic E-state index is 11.2. The first-order valence-corrected chi connectivity index (χ1v) is 9.28. The lowest BCUT2D eigenvalue weighted by molar-refractivity contribution is 0.475. The van der Waals surface area contributed by atoms with Gasteiger partial charge >= 0.3 is 0 Å². The van der Waals surface area contributed by atoms with E-state index in [0.29, 0.717) is 0 Å². The molecule has 85 valence electrons. The van der Waals surface area contributed by atoms with Crippen molar-refractivity contribution >= 4 is 18.2 Å². The fraction of sp³-hybridized carbons (Fsp3) is 0.889. The molecule has 0 aliphatic heterocycles. The van der Waals surface area contributed by atoms with Gasteiger partial charge in [0.15, 0.2) is 0 Å². The second kappa shape index (κ2) is 3.94. The zero-order valence-electron chi connectivity index (χ0n) is 9.66. The highest BCUT2D eigenvalue weighted by molar-refractivity contribution is 7.88. The van der Waals surface area contributed by atoms with Crippen LogP contribution < -0.4 is 0 Å². The van der Waals surface area contributed by atoms with Gasteiger partial charge in [-0.25, -0.2) is 0 Å². The van der Waals surface area contributed by atoms with Crippen molar-refractivity contribution in [3.8, 4) is 0 Å². The molecular weight excluding hydrogens is 216 g/mol. The summed E-state index contributed by atoms with van der Waals surface area (Å²) in [5.41, 5.74) is 0. The number of hydrogen-bond acceptors (Lipinski definition) is 2. The van der Waals surface area contributed by atoms with Crippen molar-refractivity contribution < 1.29 is 13.0 Å². The zero-order valence-corrected chi connectivity index (χ0v) is 11.5. The van der Waals surface area contributed by atoms with Crippen LogP contribution >= 0.6 is 0 Å². The summed E-state index contributed by atoms with van der Waals surface area (Å²) in [5, 5.41) is -0.0643. The highest BCUT2D eigenvalue weighted by Crippen LogP contribution is 2.40. The molecule has 0 aliphatic rings. The van der Waals surface area contributed by atoms with Crippen molar-refractivity contribution in [3.05, 3.63) is 6.92 Å². The van der Waals surface area contributed by atoms with Gasteiger partial charge in [-0.15, -0.1) is 0 Å². The largest absolute Gasteiger partial charge is 0.286 e. The van der Waals surface area contributed by atoms with E-state index in [9.17, 15) is 8.42 Å². The molecule has 0 spiro atoms. The van der Waals surface area contributed by atoms with Crippen molar-refractivity contribution in [1.29, 1.82) is 0 Å². The van der Waals surface area contributed by atoms with Gasteiger partial charge in [-0.1, -0.05) is 40.8 Å². The van der Waals surface area contributed by atoms with E-state index in [0.717, 1.165) is 0 Å². The summed E-state index contributed by atoms with van der Waals surface area (Å²) in [4.78, 5) is -0.671. The minimum Gasteiger partial charge on any atom is -0.286 e. The van der Waals surface area contributed by atoms with Crippen molar-refractivity contribution in [1.82, 2.24) is 0 Å². The Morgan fingerprint density at radius 1 is 1.36 bits per heavy atom. The first-order chi connectivity index (χ1) is 5.94. The van der Waals surface area contributed by atoms with Crippen LogP contribution in [0.15, 0.2) is 0 Å². The topological polar surface area (TPSA) is 54.4 Å². The molecule has 1 atom stereocenters. The third-order valence-corrected chi connectivity index (χ3v) is 12.7. The molecule has 0 amide bonds. The van der Waals surface area contributed by atoms with Crippen molar-refractivity contribution in [3.63, 3.8) is 0 Å².